The van der Waals surface area contributed by atoms with Crippen molar-refractivity contribution in [3.05, 3.63) is 24.4 Å². The first-order valence-corrected chi connectivity index (χ1v) is 16.2. The molecule has 19 heteroatoms. The SMILES string of the molecule is CCn1cc(S(=O)(=O)N2C[C@H](CNS(=O)(=O)C3CC3)Oc3ccc(NC(=O)OC(C)(C)C(F)(F)F)cc32)c(OCCO)n1. The Labute approximate surface area is 246 Å². The van der Waals surface area contributed by atoms with Gasteiger partial charge in [0.1, 0.15) is 18.5 Å². The molecule has 0 bridgehead atoms. The van der Waals surface area contributed by atoms with Crippen LogP contribution in [-0.4, -0.2) is 87.3 Å². The van der Waals surface area contributed by atoms with Crippen LogP contribution in [0.25, 0.3) is 0 Å². The van der Waals surface area contributed by atoms with E-state index in [9.17, 15) is 39.9 Å². The third-order valence-electron chi connectivity index (χ3n) is 6.56. The molecule has 1 saturated carbocycles. The Morgan fingerprint density at radius 1 is 1.21 bits per heavy atom. The summed E-state index contributed by atoms with van der Waals surface area (Å²) in [7, 11) is -8.14. The minimum Gasteiger partial charge on any atom is -0.485 e. The van der Waals surface area contributed by atoms with Crippen LogP contribution in [0.5, 0.6) is 11.6 Å². The van der Waals surface area contributed by atoms with Gasteiger partial charge >= 0.3 is 12.3 Å². The highest BCUT2D eigenvalue weighted by molar-refractivity contribution is 7.93. The number of benzene rings is 1. The van der Waals surface area contributed by atoms with Gasteiger partial charge in [0.05, 0.1) is 24.1 Å². The second kappa shape index (κ2) is 12.0. The lowest BCUT2D eigenvalue weighted by molar-refractivity contribution is -0.242. The van der Waals surface area contributed by atoms with Crippen molar-refractivity contribution in [3.63, 3.8) is 0 Å². The van der Waals surface area contributed by atoms with Gasteiger partial charge in [0.15, 0.2) is 4.90 Å². The predicted molar refractivity (Wildman–Crippen MR) is 146 cm³/mol. The van der Waals surface area contributed by atoms with Crippen molar-refractivity contribution in [1.29, 1.82) is 0 Å². The van der Waals surface area contributed by atoms with E-state index in [1.165, 1.54) is 23.0 Å². The molecular weight excluding hydrogens is 623 g/mol. The Kier molecular flexibility index (Phi) is 9.11. The number of alkyl halides is 3. The molecule has 0 spiro atoms. The van der Waals surface area contributed by atoms with Crippen LogP contribution in [0.1, 0.15) is 33.6 Å². The molecule has 0 unspecified atom stereocenters. The molecule has 1 amide bonds. The summed E-state index contributed by atoms with van der Waals surface area (Å²) in [6.07, 6.45) is -5.03. The number of nitrogens with zero attached hydrogens (tertiary/aromatic N) is 3. The summed E-state index contributed by atoms with van der Waals surface area (Å²) in [6.45, 7) is 2.01. The summed E-state index contributed by atoms with van der Waals surface area (Å²) in [5.41, 5.74) is -3.03. The molecule has 2 aliphatic rings. The number of amides is 1. The second-order valence-corrected chi connectivity index (χ2v) is 14.2. The van der Waals surface area contributed by atoms with Crippen LogP contribution < -0.4 is 23.8 Å². The average Bonchev–Trinajstić information content (AvgIpc) is 3.70. The van der Waals surface area contributed by atoms with Crippen LogP contribution in [0.15, 0.2) is 29.3 Å². The molecule has 1 aliphatic heterocycles. The van der Waals surface area contributed by atoms with Gasteiger partial charge in [-0.1, -0.05) is 0 Å². The lowest BCUT2D eigenvalue weighted by Crippen LogP contribution is -2.48. The molecule has 2 aromatic rings. The summed E-state index contributed by atoms with van der Waals surface area (Å²) in [6, 6.07) is 3.70. The molecule has 3 N–H and O–H groups in total. The van der Waals surface area contributed by atoms with E-state index in [0.717, 1.165) is 10.4 Å². The molecule has 43 heavy (non-hydrogen) atoms. The highest BCUT2D eigenvalue weighted by atomic mass is 32.2. The van der Waals surface area contributed by atoms with Crippen molar-refractivity contribution < 1.29 is 54.1 Å². The van der Waals surface area contributed by atoms with Gasteiger partial charge in [0.2, 0.25) is 15.6 Å². The highest BCUT2D eigenvalue weighted by Crippen LogP contribution is 2.41. The summed E-state index contributed by atoms with van der Waals surface area (Å²) >= 11 is 0. The standard InChI is InChI=1S/C24H32F3N5O9S2/c1-4-31-14-20(21(30-31)39-10-9-33)43(37,38)32-13-16(12-28-42(35,36)17-6-7-17)40-19-8-5-15(11-18(19)32)29-22(34)41-23(2,3)24(25,26)27/h5,8,11,14,16-17,28,33H,4,6-7,9-10,12-13H2,1-3H3,(H,29,34)/t16-/m0/s1. The smallest absolute Gasteiger partial charge is 0.427 e. The number of hydrogen-bond donors (Lipinski definition) is 3. The van der Waals surface area contributed by atoms with E-state index in [1.807, 2.05) is 0 Å². The van der Waals surface area contributed by atoms with Crippen molar-refractivity contribution in [2.24, 2.45) is 0 Å². The summed E-state index contributed by atoms with van der Waals surface area (Å²) in [5, 5.41) is 14.9. The Bertz CT molecular complexity index is 1560. The number of sulfonamides is 2. The number of carbonyl (C=O) groups excluding carboxylic acids is 1. The summed E-state index contributed by atoms with van der Waals surface area (Å²) in [4.78, 5) is 11.9. The Balaban J connectivity index is 1.68. The Hall–Kier alpha value is -3.29. The predicted octanol–water partition coefficient (Wildman–Crippen LogP) is 2.20. The van der Waals surface area contributed by atoms with Crippen LogP contribution in [0.4, 0.5) is 29.3 Å². The fourth-order valence-corrected chi connectivity index (χ4v) is 6.93. The molecule has 1 atom stereocenters. The van der Waals surface area contributed by atoms with Gasteiger partial charge in [0.25, 0.3) is 15.9 Å². The van der Waals surface area contributed by atoms with Gasteiger partial charge in [0, 0.05) is 25.0 Å². The first-order chi connectivity index (χ1) is 20.0. The third-order valence-corrected chi connectivity index (χ3v) is 10.2. The van der Waals surface area contributed by atoms with Crippen LogP contribution in [-0.2, 0) is 31.3 Å². The number of anilines is 2. The van der Waals surface area contributed by atoms with Crippen LogP contribution in [0, 0.1) is 0 Å². The molecular formula is C24H32F3N5O9S2. The number of ether oxygens (including phenoxy) is 3. The van der Waals surface area contributed by atoms with E-state index in [4.69, 9.17) is 9.47 Å². The zero-order chi connectivity index (χ0) is 31.8. The molecule has 1 aliphatic carbocycles. The maximum Gasteiger partial charge on any atom is 0.427 e. The lowest BCUT2D eigenvalue weighted by Gasteiger charge is -2.35. The van der Waals surface area contributed by atoms with Crippen molar-refractivity contribution in [3.8, 4) is 11.6 Å². The normalized spacial score (nSPS) is 17.7. The van der Waals surface area contributed by atoms with Gasteiger partial charge in [-0.15, -0.1) is 5.10 Å². The molecule has 1 aromatic carbocycles. The molecule has 1 fully saturated rings. The van der Waals surface area contributed by atoms with E-state index in [1.54, 1.807) is 6.92 Å². The topological polar surface area (TPSA) is 178 Å². The van der Waals surface area contributed by atoms with Crippen molar-refractivity contribution >= 4 is 37.5 Å². The molecule has 14 nitrogen and oxygen atoms in total. The fraction of sp³-hybridized carbons (Fsp3) is 0.583. The number of aryl methyl sites for hydroxylation is 1. The number of fused-ring (bicyclic) bond motifs is 1. The zero-order valence-electron chi connectivity index (χ0n) is 23.4. The van der Waals surface area contributed by atoms with Gasteiger partial charge < -0.3 is 19.3 Å². The Morgan fingerprint density at radius 2 is 1.91 bits per heavy atom. The highest BCUT2D eigenvalue weighted by Gasteiger charge is 2.51. The molecule has 0 radical (unpaired) electrons. The number of halogens is 3. The minimum absolute atomic E-state index is 0.0132. The van der Waals surface area contributed by atoms with Crippen LogP contribution in [0.2, 0.25) is 0 Å². The number of nitrogens with one attached hydrogen (secondary N) is 2. The molecule has 1 aromatic heterocycles. The van der Waals surface area contributed by atoms with Gasteiger partial charge in [-0.3, -0.25) is 14.3 Å². The molecule has 2 heterocycles. The van der Waals surface area contributed by atoms with E-state index < -0.39 is 62.4 Å². The second-order valence-electron chi connectivity index (χ2n) is 10.3. The van der Waals surface area contributed by atoms with Gasteiger partial charge in [-0.2, -0.15) is 13.2 Å². The number of aliphatic hydroxyl groups is 1. The number of rotatable bonds is 12. The molecule has 4 rings (SSSR count). The number of aliphatic hydroxyl groups excluding tert-OH is 1. The first kappa shape index (κ1) is 32.6. The van der Waals surface area contributed by atoms with Crippen LogP contribution in [0.3, 0.4) is 0 Å². The number of carbonyl (C=O) groups is 1. The van der Waals surface area contributed by atoms with Crippen molar-refractivity contribution in [2.75, 3.05) is 35.9 Å². The minimum atomic E-state index is -4.85. The monoisotopic (exact) mass is 655 g/mol. The molecule has 0 saturated heterocycles. The van der Waals surface area contributed by atoms with E-state index in [0.29, 0.717) is 26.7 Å². The summed E-state index contributed by atoms with van der Waals surface area (Å²) < 4.78 is 113. The van der Waals surface area contributed by atoms with Crippen LogP contribution >= 0.6 is 0 Å². The number of hydrogen-bond acceptors (Lipinski definition) is 10. The quantitative estimate of drug-likeness (QED) is 0.307. The average molecular weight is 656 g/mol. The maximum absolute atomic E-state index is 14.1. The van der Waals surface area contributed by atoms with Crippen molar-refractivity contribution in [2.45, 2.75) is 68.2 Å². The van der Waals surface area contributed by atoms with E-state index in [-0.39, 0.29) is 47.6 Å². The van der Waals surface area contributed by atoms with Crippen molar-refractivity contribution in [1.82, 2.24) is 14.5 Å². The van der Waals surface area contributed by atoms with Gasteiger partial charge in [-0.25, -0.2) is 26.4 Å². The third kappa shape index (κ3) is 7.27. The Morgan fingerprint density at radius 3 is 2.51 bits per heavy atom. The van der Waals surface area contributed by atoms with Gasteiger partial charge in [-0.05, 0) is 51.8 Å². The summed E-state index contributed by atoms with van der Waals surface area (Å²) in [5.74, 6) is -0.303. The maximum atomic E-state index is 14.1. The fourth-order valence-electron chi connectivity index (χ4n) is 3.95. The van der Waals surface area contributed by atoms with E-state index >= 15 is 0 Å². The van der Waals surface area contributed by atoms with E-state index in [2.05, 4.69) is 19.9 Å². The first-order valence-electron chi connectivity index (χ1n) is 13.2. The number of aromatic nitrogens is 2. The molecule has 240 valence electrons. The largest absolute Gasteiger partial charge is 0.485 e. The zero-order valence-corrected chi connectivity index (χ0v) is 25.1. The lowest BCUT2D eigenvalue weighted by atomic mass is 10.1.